The third-order valence-electron chi connectivity index (χ3n) is 1.08. The molecule has 0 aliphatic heterocycles. The number of aliphatic hydroxyl groups is 1. The molecule has 10 heavy (non-hydrogen) atoms. The lowest BCUT2D eigenvalue weighted by Crippen LogP contribution is -2.11. The van der Waals surface area contributed by atoms with Crippen LogP contribution in [0.1, 0.15) is 6.42 Å². The lowest BCUT2D eigenvalue weighted by atomic mass is 10.1. The number of rotatable bonds is 4. The van der Waals surface area contributed by atoms with Crippen LogP contribution in [0.5, 0.6) is 0 Å². The second kappa shape index (κ2) is 4.79. The van der Waals surface area contributed by atoms with Gasteiger partial charge in [-0.1, -0.05) is 6.58 Å². The summed E-state index contributed by atoms with van der Waals surface area (Å²) >= 11 is 0. The quantitative estimate of drug-likeness (QED) is 0.559. The summed E-state index contributed by atoms with van der Waals surface area (Å²) in [5, 5.41) is 16.8. The van der Waals surface area contributed by atoms with E-state index in [1.165, 1.54) is 6.08 Å². The molecule has 0 aromatic carbocycles. The van der Waals surface area contributed by atoms with Gasteiger partial charge in [-0.15, -0.1) is 5.73 Å². The Kier molecular flexibility index (Phi) is 4.29. The van der Waals surface area contributed by atoms with Crippen LogP contribution in [0.4, 0.5) is 0 Å². The van der Waals surface area contributed by atoms with Gasteiger partial charge in [-0.2, -0.15) is 0 Å². The molecule has 0 rings (SSSR count). The van der Waals surface area contributed by atoms with Gasteiger partial charge >= 0.3 is 5.97 Å². The van der Waals surface area contributed by atoms with Crippen molar-refractivity contribution >= 4 is 5.97 Å². The van der Waals surface area contributed by atoms with Gasteiger partial charge < -0.3 is 10.2 Å². The van der Waals surface area contributed by atoms with Gasteiger partial charge in [0.05, 0.1) is 5.92 Å². The van der Waals surface area contributed by atoms with E-state index in [0.717, 1.165) is 0 Å². The summed E-state index contributed by atoms with van der Waals surface area (Å²) in [5.74, 6) is -1.60. The molecule has 0 aromatic heterocycles. The Morgan fingerprint density at radius 3 is 2.70 bits per heavy atom. The maximum atomic E-state index is 10.3. The fourth-order valence-corrected chi connectivity index (χ4v) is 0.559. The number of hydrogen-bond donors (Lipinski definition) is 2. The van der Waals surface area contributed by atoms with Gasteiger partial charge in [-0.25, -0.2) is 0 Å². The van der Waals surface area contributed by atoms with Crippen LogP contribution in [0.15, 0.2) is 18.4 Å². The Morgan fingerprint density at radius 1 is 1.80 bits per heavy atom. The van der Waals surface area contributed by atoms with Crippen molar-refractivity contribution in [1.82, 2.24) is 0 Å². The van der Waals surface area contributed by atoms with Crippen LogP contribution in [0.25, 0.3) is 0 Å². The molecule has 2 N–H and O–H groups in total. The number of carboxylic acid groups (broad SMARTS) is 1. The summed E-state index contributed by atoms with van der Waals surface area (Å²) in [6.45, 7) is 3.11. The Balaban J connectivity index is 3.97. The normalized spacial score (nSPS) is 11.7. The lowest BCUT2D eigenvalue weighted by molar-refractivity contribution is -0.140. The van der Waals surface area contributed by atoms with Crippen molar-refractivity contribution in [3.8, 4) is 0 Å². The zero-order valence-electron chi connectivity index (χ0n) is 5.58. The Hall–Kier alpha value is -1.05. The van der Waals surface area contributed by atoms with E-state index in [4.69, 9.17) is 10.2 Å². The molecule has 0 amide bonds. The highest BCUT2D eigenvalue weighted by atomic mass is 16.4. The predicted octanol–water partition coefficient (Wildman–Crippen LogP) is 0.411. The first-order valence-corrected chi connectivity index (χ1v) is 2.92. The number of aliphatic hydroxyl groups excluding tert-OH is 1. The van der Waals surface area contributed by atoms with E-state index >= 15 is 0 Å². The minimum absolute atomic E-state index is 0.130. The van der Waals surface area contributed by atoms with Crippen molar-refractivity contribution in [2.45, 2.75) is 6.42 Å². The van der Waals surface area contributed by atoms with Crippen LogP contribution in [0, 0.1) is 5.92 Å². The molecule has 3 heteroatoms. The third-order valence-corrected chi connectivity index (χ3v) is 1.08. The van der Waals surface area contributed by atoms with E-state index in [1.807, 2.05) is 0 Å². The SMILES string of the molecule is C=C=CC(CCO)C(=O)O. The van der Waals surface area contributed by atoms with E-state index in [1.54, 1.807) is 0 Å². The Morgan fingerprint density at radius 2 is 2.40 bits per heavy atom. The summed E-state index contributed by atoms with van der Waals surface area (Å²) in [4.78, 5) is 10.3. The molecule has 0 aliphatic carbocycles. The number of carboxylic acids is 1. The smallest absolute Gasteiger partial charge is 0.311 e. The minimum Gasteiger partial charge on any atom is -0.481 e. The molecular formula is C7H10O3. The van der Waals surface area contributed by atoms with E-state index in [0.29, 0.717) is 0 Å². The molecule has 0 aliphatic rings. The summed E-state index contributed by atoms with van der Waals surface area (Å²) in [5.41, 5.74) is 2.37. The van der Waals surface area contributed by atoms with Crippen LogP contribution in [0.2, 0.25) is 0 Å². The van der Waals surface area contributed by atoms with Gasteiger partial charge in [0.25, 0.3) is 0 Å². The second-order valence-corrected chi connectivity index (χ2v) is 1.83. The highest BCUT2D eigenvalue weighted by Crippen LogP contribution is 2.02. The topological polar surface area (TPSA) is 57.5 Å². The molecule has 1 atom stereocenters. The van der Waals surface area contributed by atoms with Gasteiger partial charge in [0, 0.05) is 6.61 Å². The molecule has 3 nitrogen and oxygen atoms in total. The van der Waals surface area contributed by atoms with Crippen LogP contribution >= 0.6 is 0 Å². The van der Waals surface area contributed by atoms with Crippen LogP contribution in [-0.4, -0.2) is 22.8 Å². The molecule has 0 fully saturated rings. The average Bonchev–Trinajstić information content (AvgIpc) is 1.87. The summed E-state index contributed by atoms with van der Waals surface area (Å²) in [6.07, 6.45) is 1.55. The molecule has 0 aromatic rings. The lowest BCUT2D eigenvalue weighted by Gasteiger charge is -2.01. The summed E-state index contributed by atoms with van der Waals surface area (Å²) < 4.78 is 0. The fraction of sp³-hybridized carbons (Fsp3) is 0.429. The Bertz CT molecular complexity index is 154. The number of hydrogen-bond acceptors (Lipinski definition) is 2. The van der Waals surface area contributed by atoms with E-state index in [-0.39, 0.29) is 13.0 Å². The first kappa shape index (κ1) is 8.95. The van der Waals surface area contributed by atoms with Crippen molar-refractivity contribution in [3.05, 3.63) is 18.4 Å². The predicted molar refractivity (Wildman–Crippen MR) is 36.5 cm³/mol. The number of carbonyl (C=O) groups is 1. The first-order valence-electron chi connectivity index (χ1n) is 2.92. The standard InChI is InChI=1S/C7H10O3/c1-2-3-6(4-5-8)7(9)10/h3,6,8H,1,4-5H2,(H,9,10). The minimum atomic E-state index is -0.954. The van der Waals surface area contributed by atoms with Gasteiger partial charge in [0.1, 0.15) is 0 Å². The number of aliphatic carboxylic acids is 1. The molecule has 0 bridgehead atoms. The molecule has 0 saturated heterocycles. The van der Waals surface area contributed by atoms with Gasteiger partial charge in [0.15, 0.2) is 0 Å². The fourth-order valence-electron chi connectivity index (χ4n) is 0.559. The zero-order chi connectivity index (χ0) is 7.98. The van der Waals surface area contributed by atoms with Crippen LogP contribution in [-0.2, 0) is 4.79 Å². The van der Waals surface area contributed by atoms with Crippen molar-refractivity contribution in [2.24, 2.45) is 5.92 Å². The highest BCUT2D eigenvalue weighted by molar-refractivity contribution is 5.71. The third kappa shape index (κ3) is 3.07. The molecule has 0 saturated carbocycles. The van der Waals surface area contributed by atoms with Crippen molar-refractivity contribution in [1.29, 1.82) is 0 Å². The molecule has 0 radical (unpaired) electrons. The molecule has 56 valence electrons. The monoisotopic (exact) mass is 142 g/mol. The van der Waals surface area contributed by atoms with E-state index in [2.05, 4.69) is 12.3 Å². The van der Waals surface area contributed by atoms with Gasteiger partial charge in [-0.05, 0) is 12.5 Å². The maximum absolute atomic E-state index is 10.3. The molecular weight excluding hydrogens is 132 g/mol. The van der Waals surface area contributed by atoms with E-state index < -0.39 is 11.9 Å². The maximum Gasteiger partial charge on any atom is 0.311 e. The van der Waals surface area contributed by atoms with Crippen molar-refractivity contribution < 1.29 is 15.0 Å². The van der Waals surface area contributed by atoms with E-state index in [9.17, 15) is 4.79 Å². The van der Waals surface area contributed by atoms with Crippen molar-refractivity contribution in [3.63, 3.8) is 0 Å². The highest BCUT2D eigenvalue weighted by Gasteiger charge is 2.11. The van der Waals surface area contributed by atoms with Crippen molar-refractivity contribution in [2.75, 3.05) is 6.61 Å². The summed E-state index contributed by atoms with van der Waals surface area (Å²) in [6, 6.07) is 0. The average molecular weight is 142 g/mol. The Labute approximate surface area is 59.3 Å². The molecule has 1 unspecified atom stereocenters. The molecule has 0 spiro atoms. The van der Waals surface area contributed by atoms with Gasteiger partial charge in [-0.3, -0.25) is 4.79 Å². The van der Waals surface area contributed by atoms with Crippen LogP contribution in [0.3, 0.4) is 0 Å². The largest absolute Gasteiger partial charge is 0.481 e. The molecule has 0 heterocycles. The second-order valence-electron chi connectivity index (χ2n) is 1.83. The summed E-state index contributed by atoms with van der Waals surface area (Å²) in [7, 11) is 0. The van der Waals surface area contributed by atoms with Gasteiger partial charge in [0.2, 0.25) is 0 Å². The zero-order valence-corrected chi connectivity index (χ0v) is 5.58. The first-order chi connectivity index (χ1) is 4.72. The van der Waals surface area contributed by atoms with Crippen LogP contribution < -0.4 is 0 Å².